The van der Waals surface area contributed by atoms with E-state index in [1.807, 2.05) is 12.1 Å². The zero-order valence-electron chi connectivity index (χ0n) is 15.5. The zero-order chi connectivity index (χ0) is 18.5. The molecule has 2 aliphatic heterocycles. The summed E-state index contributed by atoms with van der Waals surface area (Å²) in [6.45, 7) is 2.99. The number of hydrogen-bond acceptors (Lipinski definition) is 7. The number of H-pyrrole nitrogens is 1. The van der Waals surface area contributed by atoms with Gasteiger partial charge in [-0.15, -0.1) is 0 Å². The summed E-state index contributed by atoms with van der Waals surface area (Å²) >= 11 is 0. The summed E-state index contributed by atoms with van der Waals surface area (Å²) < 4.78 is 5.31. The standard InChI is InChI=1S/C19H23N7O/c1-25-8-12-9-26(18-14-7-21-24-17(14)22-19(20)23-18)10-15(12)16(25)11-3-5-13(27-2)6-4-11/h3-7,12,15-16H,8-10H2,1-2H3,(H3,20,21,22,23,24)/t12-,15+,16+/m0/s1. The van der Waals surface area contributed by atoms with Gasteiger partial charge in [-0.05, 0) is 30.7 Å². The molecule has 3 N–H and O–H groups in total. The molecule has 0 amide bonds. The first-order valence-corrected chi connectivity index (χ1v) is 9.20. The van der Waals surface area contributed by atoms with Gasteiger partial charge in [0.25, 0.3) is 0 Å². The highest BCUT2D eigenvalue weighted by Crippen LogP contribution is 2.45. The highest BCUT2D eigenvalue weighted by molar-refractivity contribution is 5.87. The fourth-order valence-corrected chi connectivity index (χ4v) is 4.81. The summed E-state index contributed by atoms with van der Waals surface area (Å²) in [5, 5.41) is 7.94. The lowest BCUT2D eigenvalue weighted by atomic mass is 9.89. The van der Waals surface area contributed by atoms with Crippen LogP contribution in [-0.4, -0.2) is 58.9 Å². The number of nitrogens with two attached hydrogens (primary N) is 1. The van der Waals surface area contributed by atoms with E-state index >= 15 is 0 Å². The smallest absolute Gasteiger partial charge is 0.224 e. The van der Waals surface area contributed by atoms with Gasteiger partial charge in [0.05, 0.1) is 18.7 Å². The van der Waals surface area contributed by atoms with E-state index in [1.54, 1.807) is 13.3 Å². The molecule has 0 unspecified atom stereocenters. The first kappa shape index (κ1) is 16.3. The van der Waals surface area contributed by atoms with Crippen LogP contribution in [0.15, 0.2) is 30.5 Å². The van der Waals surface area contributed by atoms with E-state index in [4.69, 9.17) is 10.5 Å². The summed E-state index contributed by atoms with van der Waals surface area (Å²) in [4.78, 5) is 13.6. The Morgan fingerprint density at radius 1 is 1.15 bits per heavy atom. The Balaban J connectivity index is 1.45. The highest BCUT2D eigenvalue weighted by atomic mass is 16.5. The summed E-state index contributed by atoms with van der Waals surface area (Å²) in [6, 6.07) is 8.85. The Bertz CT molecular complexity index is 970. The predicted octanol–water partition coefficient (Wildman–Crippen LogP) is 1.68. The minimum atomic E-state index is 0.280. The summed E-state index contributed by atoms with van der Waals surface area (Å²) in [6.07, 6.45) is 1.78. The van der Waals surface area contributed by atoms with Gasteiger partial charge >= 0.3 is 0 Å². The van der Waals surface area contributed by atoms with Crippen LogP contribution in [0.25, 0.3) is 11.0 Å². The molecule has 0 aliphatic carbocycles. The predicted molar refractivity (Wildman–Crippen MR) is 104 cm³/mol. The van der Waals surface area contributed by atoms with Crippen molar-refractivity contribution in [3.8, 4) is 5.75 Å². The number of likely N-dealkylation sites (tertiary alicyclic amines) is 1. The van der Waals surface area contributed by atoms with Crippen molar-refractivity contribution in [2.45, 2.75) is 6.04 Å². The van der Waals surface area contributed by atoms with Crippen LogP contribution in [0.1, 0.15) is 11.6 Å². The Kier molecular flexibility index (Phi) is 3.68. The quantitative estimate of drug-likeness (QED) is 0.729. The molecule has 0 bridgehead atoms. The van der Waals surface area contributed by atoms with E-state index in [9.17, 15) is 0 Å². The lowest BCUT2D eigenvalue weighted by Crippen LogP contribution is -2.29. The molecule has 2 saturated heterocycles. The summed E-state index contributed by atoms with van der Waals surface area (Å²) in [7, 11) is 3.92. The lowest BCUT2D eigenvalue weighted by Gasteiger charge is -2.27. The van der Waals surface area contributed by atoms with Crippen molar-refractivity contribution in [1.29, 1.82) is 0 Å². The van der Waals surface area contributed by atoms with E-state index in [0.29, 0.717) is 23.5 Å². The fraction of sp³-hybridized carbons (Fsp3) is 0.421. The number of nitrogens with one attached hydrogen (secondary N) is 1. The number of aromatic nitrogens is 4. The number of hydrogen-bond donors (Lipinski definition) is 2. The largest absolute Gasteiger partial charge is 0.497 e. The highest BCUT2D eigenvalue weighted by Gasteiger charge is 2.46. The van der Waals surface area contributed by atoms with E-state index in [0.717, 1.165) is 36.6 Å². The van der Waals surface area contributed by atoms with Crippen molar-refractivity contribution < 1.29 is 4.74 Å². The maximum Gasteiger partial charge on any atom is 0.224 e. The first-order chi connectivity index (χ1) is 13.1. The van der Waals surface area contributed by atoms with Crippen LogP contribution >= 0.6 is 0 Å². The number of nitrogens with zero attached hydrogens (tertiary/aromatic N) is 5. The molecule has 0 saturated carbocycles. The Hall–Kier alpha value is -2.87. The molecule has 0 radical (unpaired) electrons. The molecule has 8 nitrogen and oxygen atoms in total. The van der Waals surface area contributed by atoms with Crippen molar-refractivity contribution in [2.24, 2.45) is 11.8 Å². The van der Waals surface area contributed by atoms with Crippen LogP contribution in [0.5, 0.6) is 5.75 Å². The summed E-state index contributed by atoms with van der Waals surface area (Å²) in [5.41, 5.74) is 7.95. The molecule has 3 atom stereocenters. The van der Waals surface area contributed by atoms with Crippen LogP contribution in [0.4, 0.5) is 11.8 Å². The van der Waals surface area contributed by atoms with Gasteiger partial charge in [0.1, 0.15) is 11.6 Å². The summed E-state index contributed by atoms with van der Waals surface area (Å²) in [5.74, 6) is 3.20. The number of methoxy groups -OCH3 is 1. The topological polar surface area (TPSA) is 96.2 Å². The van der Waals surface area contributed by atoms with E-state index in [-0.39, 0.29) is 5.95 Å². The van der Waals surface area contributed by atoms with E-state index < -0.39 is 0 Å². The van der Waals surface area contributed by atoms with Gasteiger partial charge in [-0.1, -0.05) is 12.1 Å². The third-order valence-electron chi connectivity index (χ3n) is 5.96. The number of ether oxygens (including phenoxy) is 1. The molecule has 5 rings (SSSR count). The van der Waals surface area contributed by atoms with Gasteiger partial charge in [-0.25, -0.2) is 0 Å². The molecule has 1 aromatic carbocycles. The molecule has 2 aromatic heterocycles. The average Bonchev–Trinajstić information content (AvgIpc) is 3.35. The number of anilines is 2. The van der Waals surface area contributed by atoms with Crippen LogP contribution < -0.4 is 15.4 Å². The van der Waals surface area contributed by atoms with Crippen molar-refractivity contribution >= 4 is 22.8 Å². The monoisotopic (exact) mass is 365 g/mol. The Morgan fingerprint density at radius 3 is 2.74 bits per heavy atom. The second-order valence-corrected chi connectivity index (χ2v) is 7.52. The third kappa shape index (κ3) is 2.59. The van der Waals surface area contributed by atoms with Gasteiger partial charge in [0.15, 0.2) is 5.65 Å². The SMILES string of the molecule is COc1ccc([C@@H]2[C@@H]3CN(c4nc(N)nc5[nH]ncc45)C[C@@H]3CN2C)cc1. The molecule has 2 fully saturated rings. The third-order valence-corrected chi connectivity index (χ3v) is 5.96. The first-order valence-electron chi connectivity index (χ1n) is 9.20. The number of fused-ring (bicyclic) bond motifs is 2. The second-order valence-electron chi connectivity index (χ2n) is 7.52. The molecule has 27 heavy (non-hydrogen) atoms. The maximum absolute atomic E-state index is 5.92. The number of aromatic amines is 1. The van der Waals surface area contributed by atoms with E-state index in [2.05, 4.69) is 49.1 Å². The molecular formula is C19H23N7O. The maximum atomic E-state index is 5.92. The van der Waals surface area contributed by atoms with Crippen molar-refractivity contribution in [1.82, 2.24) is 25.1 Å². The average molecular weight is 365 g/mol. The molecule has 3 aromatic rings. The van der Waals surface area contributed by atoms with Crippen molar-refractivity contribution in [2.75, 3.05) is 44.4 Å². The van der Waals surface area contributed by atoms with Gasteiger partial charge in [-0.2, -0.15) is 15.1 Å². The van der Waals surface area contributed by atoms with Crippen LogP contribution in [0.2, 0.25) is 0 Å². The lowest BCUT2D eigenvalue weighted by molar-refractivity contribution is 0.279. The Morgan fingerprint density at radius 2 is 1.96 bits per heavy atom. The second kappa shape index (κ2) is 6.09. The van der Waals surface area contributed by atoms with Crippen molar-refractivity contribution in [3.05, 3.63) is 36.0 Å². The molecule has 8 heteroatoms. The zero-order valence-corrected chi connectivity index (χ0v) is 15.5. The number of nitrogen functional groups attached to an aromatic ring is 1. The van der Waals surface area contributed by atoms with Crippen molar-refractivity contribution in [3.63, 3.8) is 0 Å². The van der Waals surface area contributed by atoms with Gasteiger partial charge in [0.2, 0.25) is 5.95 Å². The Labute approximate surface area is 157 Å². The van der Waals surface area contributed by atoms with Crippen LogP contribution in [-0.2, 0) is 0 Å². The van der Waals surface area contributed by atoms with Gasteiger partial charge in [0, 0.05) is 31.6 Å². The molecular weight excluding hydrogens is 342 g/mol. The fourth-order valence-electron chi connectivity index (χ4n) is 4.81. The number of rotatable bonds is 3. The van der Waals surface area contributed by atoms with Crippen LogP contribution in [0, 0.1) is 11.8 Å². The minimum absolute atomic E-state index is 0.280. The minimum Gasteiger partial charge on any atom is -0.497 e. The molecule has 0 spiro atoms. The molecule has 2 aliphatic rings. The van der Waals surface area contributed by atoms with Gasteiger partial charge < -0.3 is 15.4 Å². The molecule has 140 valence electrons. The van der Waals surface area contributed by atoms with Crippen LogP contribution in [0.3, 0.4) is 0 Å². The normalized spacial score (nSPS) is 25.3. The van der Waals surface area contributed by atoms with Gasteiger partial charge in [-0.3, -0.25) is 10.00 Å². The number of benzene rings is 1. The molecule has 4 heterocycles. The van der Waals surface area contributed by atoms with E-state index in [1.165, 1.54) is 5.56 Å².